The van der Waals surface area contributed by atoms with E-state index in [1.54, 1.807) is 19.2 Å². The summed E-state index contributed by atoms with van der Waals surface area (Å²) in [6.07, 6.45) is 2.64. The van der Waals surface area contributed by atoms with Crippen molar-refractivity contribution in [2.75, 3.05) is 18.1 Å². The molecule has 6 nitrogen and oxygen atoms in total. The topological polar surface area (TPSA) is 79.7 Å². The summed E-state index contributed by atoms with van der Waals surface area (Å²) in [6, 6.07) is 3.61. The normalized spacial score (nSPS) is 19.2. The van der Waals surface area contributed by atoms with Crippen molar-refractivity contribution in [3.63, 3.8) is 0 Å². The van der Waals surface area contributed by atoms with Gasteiger partial charge in [-0.15, -0.1) is 0 Å². The average molecular weight is 292 g/mol. The van der Waals surface area contributed by atoms with Crippen LogP contribution in [0.25, 0.3) is 0 Å². The lowest BCUT2D eigenvalue weighted by atomic mass is 10.1. The molecule has 0 bridgehead atoms. The summed E-state index contributed by atoms with van der Waals surface area (Å²) >= 11 is 0. The third-order valence-electron chi connectivity index (χ3n) is 3.53. The maximum Gasteiger partial charge on any atom is 0.308 e. The van der Waals surface area contributed by atoms with Gasteiger partial charge in [0, 0.05) is 19.3 Å². The second-order valence-electron chi connectivity index (χ2n) is 5.38. The molecular weight excluding hydrogens is 272 g/mol. The Morgan fingerprint density at radius 1 is 1.57 bits per heavy atom. The first kappa shape index (κ1) is 15.4. The maximum atomic E-state index is 12.6. The first-order valence-electron chi connectivity index (χ1n) is 7.07. The second-order valence-corrected chi connectivity index (χ2v) is 5.38. The molecule has 0 aromatic carbocycles. The fourth-order valence-electron chi connectivity index (χ4n) is 2.26. The highest BCUT2D eigenvalue weighted by Crippen LogP contribution is 2.21. The molecule has 1 aromatic heterocycles. The molecule has 2 rings (SSSR count). The van der Waals surface area contributed by atoms with E-state index >= 15 is 0 Å². The molecule has 1 aliphatic heterocycles. The number of hydrogen-bond donors (Lipinski definition) is 1. The Kier molecular flexibility index (Phi) is 4.90. The predicted octanol–water partition coefficient (Wildman–Crippen LogP) is 1.62. The zero-order valence-corrected chi connectivity index (χ0v) is 12.3. The van der Waals surface area contributed by atoms with Gasteiger partial charge in [0.2, 0.25) is 0 Å². The molecule has 2 unspecified atom stereocenters. The summed E-state index contributed by atoms with van der Waals surface area (Å²) in [5.41, 5.74) is 0.966. The number of carbonyl (C=O) groups is 2. The quantitative estimate of drug-likeness (QED) is 0.892. The largest absolute Gasteiger partial charge is 0.481 e. The van der Waals surface area contributed by atoms with E-state index in [2.05, 4.69) is 4.98 Å². The van der Waals surface area contributed by atoms with Crippen molar-refractivity contribution in [3.8, 4) is 0 Å². The Morgan fingerprint density at radius 2 is 2.33 bits per heavy atom. The molecule has 1 aliphatic rings. The van der Waals surface area contributed by atoms with Crippen LogP contribution in [0.1, 0.15) is 25.3 Å². The Hall–Kier alpha value is -1.95. The summed E-state index contributed by atoms with van der Waals surface area (Å²) in [6.45, 7) is 4.14. The van der Waals surface area contributed by atoms with Crippen LogP contribution in [-0.4, -0.2) is 41.2 Å². The highest BCUT2D eigenvalue weighted by atomic mass is 16.5. The molecule has 1 fully saturated rings. The predicted molar refractivity (Wildman–Crippen MR) is 77.1 cm³/mol. The number of nitrogens with zero attached hydrogens (tertiary/aromatic N) is 2. The molecule has 1 aromatic rings. The summed E-state index contributed by atoms with van der Waals surface area (Å²) in [4.78, 5) is 29.3. The maximum absolute atomic E-state index is 12.6. The number of anilines is 1. The van der Waals surface area contributed by atoms with Gasteiger partial charge in [0.15, 0.2) is 0 Å². The molecule has 0 saturated carbocycles. The van der Waals surface area contributed by atoms with Crippen molar-refractivity contribution < 1.29 is 19.4 Å². The van der Waals surface area contributed by atoms with Crippen LogP contribution in [0.15, 0.2) is 18.3 Å². The van der Waals surface area contributed by atoms with Crippen LogP contribution in [0.4, 0.5) is 5.82 Å². The van der Waals surface area contributed by atoms with Gasteiger partial charge in [-0.1, -0.05) is 6.92 Å². The molecule has 6 heteroatoms. The number of hydrogen-bond acceptors (Lipinski definition) is 4. The number of amides is 1. The number of carbonyl (C=O) groups excluding carboxylic acids is 1. The van der Waals surface area contributed by atoms with E-state index in [9.17, 15) is 9.59 Å². The molecule has 0 radical (unpaired) electrons. The van der Waals surface area contributed by atoms with Crippen LogP contribution in [-0.2, 0) is 14.3 Å². The minimum Gasteiger partial charge on any atom is -0.481 e. The lowest BCUT2D eigenvalue weighted by molar-refractivity contribution is -0.140. The van der Waals surface area contributed by atoms with Gasteiger partial charge < -0.3 is 9.84 Å². The highest BCUT2D eigenvalue weighted by molar-refractivity contribution is 5.96. The Bertz CT molecular complexity index is 526. The third-order valence-corrected chi connectivity index (χ3v) is 3.53. The van der Waals surface area contributed by atoms with Gasteiger partial charge in [0.1, 0.15) is 11.9 Å². The molecule has 2 heterocycles. The number of pyridine rings is 1. The smallest absolute Gasteiger partial charge is 0.308 e. The van der Waals surface area contributed by atoms with Gasteiger partial charge in [-0.2, -0.15) is 0 Å². The van der Waals surface area contributed by atoms with Crippen LogP contribution >= 0.6 is 0 Å². The van der Waals surface area contributed by atoms with Crippen LogP contribution in [0, 0.1) is 12.8 Å². The minimum absolute atomic E-state index is 0.0878. The standard InChI is InChI=1S/C15H20N2O4/c1-10-5-6-16-13(8-10)17(9-11(2)15(19)20)14(18)12-4-3-7-21-12/h5-6,8,11-12H,3-4,7,9H2,1-2H3,(H,19,20). The molecular formula is C15H20N2O4. The van der Waals surface area contributed by atoms with Gasteiger partial charge in [-0.05, 0) is 37.5 Å². The van der Waals surface area contributed by atoms with E-state index in [1.807, 2.05) is 13.0 Å². The molecule has 21 heavy (non-hydrogen) atoms. The number of aliphatic carboxylic acids is 1. The summed E-state index contributed by atoms with van der Waals surface area (Å²) in [5.74, 6) is -1.34. The lowest BCUT2D eigenvalue weighted by Gasteiger charge is -2.26. The first-order chi connectivity index (χ1) is 9.99. The molecule has 1 amide bonds. The van der Waals surface area contributed by atoms with E-state index in [4.69, 9.17) is 9.84 Å². The molecule has 1 N–H and O–H groups in total. The highest BCUT2D eigenvalue weighted by Gasteiger charge is 2.31. The zero-order chi connectivity index (χ0) is 15.4. The van der Waals surface area contributed by atoms with Crippen molar-refractivity contribution >= 4 is 17.7 Å². The van der Waals surface area contributed by atoms with Crippen LogP contribution in [0.2, 0.25) is 0 Å². The Morgan fingerprint density at radius 3 is 2.90 bits per heavy atom. The van der Waals surface area contributed by atoms with E-state index in [0.717, 1.165) is 12.0 Å². The van der Waals surface area contributed by atoms with E-state index in [-0.39, 0.29) is 12.5 Å². The number of rotatable bonds is 5. The lowest BCUT2D eigenvalue weighted by Crippen LogP contribution is -2.43. The fraction of sp³-hybridized carbons (Fsp3) is 0.533. The Labute approximate surface area is 123 Å². The average Bonchev–Trinajstić information content (AvgIpc) is 2.97. The van der Waals surface area contributed by atoms with Crippen molar-refractivity contribution in [1.29, 1.82) is 0 Å². The van der Waals surface area contributed by atoms with Gasteiger partial charge in [0.25, 0.3) is 5.91 Å². The van der Waals surface area contributed by atoms with Crippen LogP contribution < -0.4 is 4.90 Å². The molecule has 1 saturated heterocycles. The van der Waals surface area contributed by atoms with Gasteiger partial charge in [-0.25, -0.2) is 4.98 Å². The molecule has 0 aliphatic carbocycles. The summed E-state index contributed by atoms with van der Waals surface area (Å²) in [7, 11) is 0. The number of carboxylic acids is 1. The first-order valence-corrected chi connectivity index (χ1v) is 7.07. The summed E-state index contributed by atoms with van der Waals surface area (Å²) < 4.78 is 5.42. The summed E-state index contributed by atoms with van der Waals surface area (Å²) in [5, 5.41) is 9.09. The second kappa shape index (κ2) is 6.67. The minimum atomic E-state index is -0.937. The molecule has 114 valence electrons. The van der Waals surface area contributed by atoms with Crippen molar-refractivity contribution in [1.82, 2.24) is 4.98 Å². The number of carboxylic acid groups (broad SMARTS) is 1. The number of ether oxygens (including phenoxy) is 1. The SMILES string of the molecule is Cc1ccnc(N(CC(C)C(=O)O)C(=O)C2CCCO2)c1. The monoisotopic (exact) mass is 292 g/mol. The molecule has 2 atom stereocenters. The third kappa shape index (κ3) is 3.78. The van der Waals surface area contributed by atoms with Crippen molar-refractivity contribution in [2.45, 2.75) is 32.8 Å². The van der Waals surface area contributed by atoms with Gasteiger partial charge >= 0.3 is 5.97 Å². The fourth-order valence-corrected chi connectivity index (χ4v) is 2.26. The van der Waals surface area contributed by atoms with E-state index < -0.39 is 18.0 Å². The Balaban J connectivity index is 2.24. The van der Waals surface area contributed by atoms with Crippen molar-refractivity contribution in [2.24, 2.45) is 5.92 Å². The van der Waals surface area contributed by atoms with Crippen molar-refractivity contribution in [3.05, 3.63) is 23.9 Å². The number of aromatic nitrogens is 1. The van der Waals surface area contributed by atoms with E-state index in [1.165, 1.54) is 4.90 Å². The van der Waals surface area contributed by atoms with Gasteiger partial charge in [-0.3, -0.25) is 14.5 Å². The van der Waals surface area contributed by atoms with Crippen LogP contribution in [0.3, 0.4) is 0 Å². The number of aryl methyl sites for hydroxylation is 1. The zero-order valence-electron chi connectivity index (χ0n) is 12.3. The van der Waals surface area contributed by atoms with Gasteiger partial charge in [0.05, 0.1) is 5.92 Å². The molecule has 0 spiro atoms. The van der Waals surface area contributed by atoms with Crippen LogP contribution in [0.5, 0.6) is 0 Å². The van der Waals surface area contributed by atoms with E-state index in [0.29, 0.717) is 18.8 Å².